The van der Waals surface area contributed by atoms with Gasteiger partial charge in [-0.05, 0) is 12.5 Å². The third kappa shape index (κ3) is 5.01. The fourth-order valence-corrected chi connectivity index (χ4v) is 2.13. The Morgan fingerprint density at radius 2 is 2.00 bits per heavy atom. The summed E-state index contributed by atoms with van der Waals surface area (Å²) in [7, 11) is 0. The van der Waals surface area contributed by atoms with Crippen LogP contribution in [0.3, 0.4) is 0 Å². The molecule has 0 radical (unpaired) electrons. The summed E-state index contributed by atoms with van der Waals surface area (Å²) in [4.78, 5) is 9.84. The van der Waals surface area contributed by atoms with Gasteiger partial charge in [0.2, 0.25) is 0 Å². The van der Waals surface area contributed by atoms with Crippen molar-refractivity contribution in [2.24, 2.45) is 0 Å². The maximum Gasteiger partial charge on any atom is 0.259 e. The van der Waals surface area contributed by atoms with Gasteiger partial charge in [0.15, 0.2) is 0 Å². The summed E-state index contributed by atoms with van der Waals surface area (Å²) in [6.45, 7) is 0. The van der Waals surface area contributed by atoms with Gasteiger partial charge in [-0.2, -0.15) is 0 Å². The predicted octanol–water partition coefficient (Wildman–Crippen LogP) is 2.44. The van der Waals surface area contributed by atoms with Crippen molar-refractivity contribution in [3.05, 3.63) is 19.8 Å². The molecule has 0 aromatic heterocycles. The van der Waals surface area contributed by atoms with Crippen LogP contribution in [0.5, 0.6) is 0 Å². The highest BCUT2D eigenvalue weighted by molar-refractivity contribution is 8.22. The molecule has 0 aromatic carbocycles. The maximum atomic E-state index is 9.84. The van der Waals surface area contributed by atoms with Crippen LogP contribution in [0.4, 0.5) is 0 Å². The van der Waals surface area contributed by atoms with Crippen LogP contribution >= 0.6 is 35.5 Å². The molecule has 0 aromatic rings. The monoisotopic (exact) mass is 197 g/mol. The molecule has 0 N–H and O–H groups in total. The number of rotatable bonds is 4. The van der Waals surface area contributed by atoms with Crippen molar-refractivity contribution in [3.63, 3.8) is 0 Å². The lowest BCUT2D eigenvalue weighted by Gasteiger charge is -1.92. The summed E-state index contributed by atoms with van der Waals surface area (Å²) in [5, 5.41) is 11.4. The number of thioether (sulfide) groups is 2. The van der Waals surface area contributed by atoms with Crippen LogP contribution in [-0.4, -0.2) is 16.8 Å². The first-order valence-electron chi connectivity index (χ1n) is 2.30. The molecule has 0 fully saturated rings. The van der Waals surface area contributed by atoms with E-state index in [9.17, 15) is 10.1 Å². The molecular weight excluding hydrogens is 190 g/mol. The zero-order valence-electron chi connectivity index (χ0n) is 5.57. The van der Waals surface area contributed by atoms with E-state index in [1.165, 1.54) is 28.9 Å². The Morgan fingerprint density at radius 1 is 1.50 bits per heavy atom. The van der Waals surface area contributed by atoms with Crippen LogP contribution in [-0.2, 0) is 0 Å². The Bertz CT molecular complexity index is 141. The summed E-state index contributed by atoms with van der Waals surface area (Å²) in [5.41, 5.74) is 0. The molecule has 0 spiro atoms. The van der Waals surface area contributed by atoms with Gasteiger partial charge in [0.1, 0.15) is 4.33 Å². The molecule has 0 saturated heterocycles. The van der Waals surface area contributed by atoms with Gasteiger partial charge >= 0.3 is 0 Å². The zero-order valence-corrected chi connectivity index (χ0v) is 8.02. The molecule has 10 heavy (non-hydrogen) atoms. The molecule has 0 aliphatic carbocycles. The minimum atomic E-state index is -0.424. The second-order valence-electron chi connectivity index (χ2n) is 1.17. The highest BCUT2D eigenvalue weighted by atomic mass is 32.2. The molecule has 0 atom stereocenters. The van der Waals surface area contributed by atoms with E-state index < -0.39 is 4.33 Å². The fourth-order valence-electron chi connectivity index (χ4n) is 0.266. The largest absolute Gasteiger partial charge is 0.259 e. The molecule has 0 bridgehead atoms. The van der Waals surface area contributed by atoms with Crippen molar-refractivity contribution < 1.29 is 4.33 Å². The van der Waals surface area contributed by atoms with E-state index in [0.29, 0.717) is 11.9 Å². The van der Waals surface area contributed by atoms with Crippen molar-refractivity contribution in [1.82, 2.24) is 0 Å². The predicted molar refractivity (Wildman–Crippen MR) is 49.7 cm³/mol. The van der Waals surface area contributed by atoms with Gasteiger partial charge < -0.3 is 0 Å². The summed E-state index contributed by atoms with van der Waals surface area (Å²) in [5.74, 6) is 0. The number of nitrogens with zero attached hydrogens (tertiary/aromatic N) is 1. The molecule has 58 valence electrons. The Hall–Kier alpha value is 0.190. The first kappa shape index (κ1) is 10.2. The van der Waals surface area contributed by atoms with E-state index in [4.69, 9.17) is 0 Å². The number of hydrogen-bond donors (Lipinski definition) is 0. The van der Waals surface area contributed by atoms with Gasteiger partial charge in [-0.15, -0.1) is 23.5 Å². The standard InChI is InChI=1S/C4H7NO2S3/c1-8-4(9-2)3-10-5(6)7/h3H,1-2H3. The Balaban J connectivity index is 3.74. The molecule has 0 heterocycles. The minimum Gasteiger partial charge on any atom is -0.250 e. The first-order chi connectivity index (χ1) is 4.70. The smallest absolute Gasteiger partial charge is 0.250 e. The second kappa shape index (κ2) is 5.94. The van der Waals surface area contributed by atoms with Crippen molar-refractivity contribution in [2.75, 3.05) is 12.5 Å². The van der Waals surface area contributed by atoms with Gasteiger partial charge in [0.05, 0.1) is 9.65 Å². The lowest BCUT2D eigenvalue weighted by atomic mass is 11.2. The van der Waals surface area contributed by atoms with Crippen LogP contribution < -0.4 is 0 Å². The molecule has 0 unspecified atom stereocenters. The van der Waals surface area contributed by atoms with Crippen molar-refractivity contribution in [3.8, 4) is 0 Å². The second-order valence-corrected chi connectivity index (χ2v) is 3.87. The molecule has 3 nitrogen and oxygen atoms in total. The lowest BCUT2D eigenvalue weighted by molar-refractivity contribution is -0.282. The van der Waals surface area contributed by atoms with Gasteiger partial charge in [0.25, 0.3) is 11.9 Å². The normalized spacial score (nSPS) is 9.00. The number of nitro groups is 1. The van der Waals surface area contributed by atoms with Gasteiger partial charge in [-0.1, -0.05) is 0 Å². The van der Waals surface area contributed by atoms with Crippen LogP contribution in [0.25, 0.3) is 0 Å². The van der Waals surface area contributed by atoms with E-state index in [1.807, 2.05) is 12.5 Å². The molecule has 0 amide bonds. The van der Waals surface area contributed by atoms with Gasteiger partial charge in [0, 0.05) is 0 Å². The van der Waals surface area contributed by atoms with E-state index >= 15 is 0 Å². The topological polar surface area (TPSA) is 43.1 Å². The Morgan fingerprint density at radius 3 is 2.30 bits per heavy atom. The van der Waals surface area contributed by atoms with Crippen LogP contribution in [0, 0.1) is 10.1 Å². The third-order valence-electron chi connectivity index (χ3n) is 0.637. The summed E-state index contributed by atoms with van der Waals surface area (Å²) in [6, 6.07) is 0. The van der Waals surface area contributed by atoms with Crippen LogP contribution in [0.1, 0.15) is 0 Å². The van der Waals surface area contributed by atoms with Crippen LogP contribution in [0.15, 0.2) is 9.65 Å². The Labute approximate surface area is 72.3 Å². The molecule has 0 saturated carbocycles. The highest BCUT2D eigenvalue weighted by Gasteiger charge is 1.98. The molecular formula is C4H7NO2S3. The molecule has 6 heteroatoms. The van der Waals surface area contributed by atoms with E-state index in [2.05, 4.69) is 0 Å². The zero-order chi connectivity index (χ0) is 7.98. The molecule has 0 aliphatic heterocycles. The summed E-state index contributed by atoms with van der Waals surface area (Å²) < 4.78 is 0.536. The first-order valence-corrected chi connectivity index (χ1v) is 5.58. The summed E-state index contributed by atoms with van der Waals surface area (Å²) in [6.07, 6.45) is 3.78. The minimum absolute atomic E-state index is 0.424. The van der Waals surface area contributed by atoms with Crippen molar-refractivity contribution in [2.45, 2.75) is 0 Å². The van der Waals surface area contributed by atoms with E-state index in [1.54, 1.807) is 0 Å². The van der Waals surface area contributed by atoms with Crippen LogP contribution in [0.2, 0.25) is 0 Å². The van der Waals surface area contributed by atoms with Crippen molar-refractivity contribution >= 4 is 35.5 Å². The SMILES string of the molecule is CSC(=CS[N+](=O)[O-])SC. The quantitative estimate of drug-likeness (QED) is 0.393. The Kier molecular flexibility index (Phi) is 6.05. The number of hydrogen-bond acceptors (Lipinski definition) is 5. The van der Waals surface area contributed by atoms with E-state index in [-0.39, 0.29) is 0 Å². The molecule has 0 aliphatic rings. The fraction of sp³-hybridized carbons (Fsp3) is 0.500. The van der Waals surface area contributed by atoms with Gasteiger partial charge in [-0.25, -0.2) is 0 Å². The van der Waals surface area contributed by atoms with Gasteiger partial charge in [-0.3, -0.25) is 10.1 Å². The highest BCUT2D eigenvalue weighted by Crippen LogP contribution is 2.26. The lowest BCUT2D eigenvalue weighted by Crippen LogP contribution is -1.77. The maximum absolute atomic E-state index is 9.84. The van der Waals surface area contributed by atoms with E-state index in [0.717, 1.165) is 4.24 Å². The third-order valence-corrected chi connectivity index (χ3v) is 3.49. The summed E-state index contributed by atoms with van der Waals surface area (Å²) >= 11 is 3.63. The van der Waals surface area contributed by atoms with Crippen molar-refractivity contribution in [1.29, 1.82) is 0 Å². The average Bonchev–Trinajstić information content (AvgIpc) is 1.90. The average molecular weight is 197 g/mol. The molecule has 0 rings (SSSR count).